The summed E-state index contributed by atoms with van der Waals surface area (Å²) in [6.45, 7) is 9.17. The molecule has 3 nitrogen and oxygen atoms in total. The third-order valence-corrected chi connectivity index (χ3v) is 2.07. The van der Waals surface area contributed by atoms with Crippen molar-refractivity contribution in [3.63, 3.8) is 0 Å². The molecule has 0 heterocycles. The summed E-state index contributed by atoms with van der Waals surface area (Å²) >= 11 is 0. The Morgan fingerprint density at radius 1 is 1.54 bits per heavy atom. The van der Waals surface area contributed by atoms with Crippen LogP contribution in [0.3, 0.4) is 0 Å². The van der Waals surface area contributed by atoms with E-state index >= 15 is 0 Å². The molecular weight excluding hydrogens is 164 g/mol. The van der Waals surface area contributed by atoms with Crippen molar-refractivity contribution in [1.29, 1.82) is 0 Å². The Morgan fingerprint density at radius 3 is 2.31 bits per heavy atom. The summed E-state index contributed by atoms with van der Waals surface area (Å²) < 4.78 is 0. The molecular formula is C10H18N2O. The number of allylic oxidation sites excluding steroid dienone is 2. The van der Waals surface area contributed by atoms with Crippen LogP contribution in [0.2, 0.25) is 0 Å². The maximum atomic E-state index is 11.0. The zero-order chi connectivity index (χ0) is 10.6. The predicted molar refractivity (Wildman–Crippen MR) is 55.0 cm³/mol. The average molecular weight is 182 g/mol. The van der Waals surface area contributed by atoms with Gasteiger partial charge in [0.15, 0.2) is 0 Å². The van der Waals surface area contributed by atoms with Crippen LogP contribution < -0.4 is 5.73 Å². The fraction of sp³-hybridized carbons (Fsp3) is 0.500. The number of nitrogens with two attached hydrogens (primary N) is 1. The number of rotatable bonds is 4. The van der Waals surface area contributed by atoms with E-state index < -0.39 is 5.54 Å². The Morgan fingerprint density at radius 2 is 2.00 bits per heavy atom. The first-order valence-corrected chi connectivity index (χ1v) is 4.15. The van der Waals surface area contributed by atoms with Crippen LogP contribution in [-0.2, 0) is 4.79 Å². The van der Waals surface area contributed by atoms with Crippen LogP contribution in [0.4, 0.5) is 0 Å². The quantitative estimate of drug-likeness (QED) is 0.665. The summed E-state index contributed by atoms with van der Waals surface area (Å²) in [6, 6.07) is 0. The molecule has 0 aliphatic heterocycles. The molecule has 0 aliphatic carbocycles. The van der Waals surface area contributed by atoms with E-state index in [1.54, 1.807) is 24.9 Å². The van der Waals surface area contributed by atoms with E-state index in [2.05, 4.69) is 6.58 Å². The Bertz CT molecular complexity index is 241. The highest BCUT2D eigenvalue weighted by atomic mass is 16.1. The van der Waals surface area contributed by atoms with Crippen LogP contribution in [-0.4, -0.2) is 23.4 Å². The lowest BCUT2D eigenvalue weighted by atomic mass is 10.0. The van der Waals surface area contributed by atoms with Crippen LogP contribution in [0.25, 0.3) is 0 Å². The first kappa shape index (κ1) is 11.8. The normalized spacial score (nSPS) is 11.7. The van der Waals surface area contributed by atoms with Crippen LogP contribution in [0.1, 0.15) is 20.8 Å². The van der Waals surface area contributed by atoms with Crippen molar-refractivity contribution < 1.29 is 4.79 Å². The highest BCUT2D eigenvalue weighted by Gasteiger charge is 2.27. The van der Waals surface area contributed by atoms with Crippen molar-refractivity contribution >= 4 is 5.91 Å². The van der Waals surface area contributed by atoms with Gasteiger partial charge in [-0.15, -0.1) is 0 Å². The van der Waals surface area contributed by atoms with E-state index in [0.717, 1.165) is 5.57 Å². The first-order valence-electron chi connectivity index (χ1n) is 4.15. The molecule has 0 aromatic carbocycles. The zero-order valence-electron chi connectivity index (χ0n) is 8.79. The fourth-order valence-electron chi connectivity index (χ4n) is 0.599. The molecule has 0 aliphatic rings. The summed E-state index contributed by atoms with van der Waals surface area (Å²) in [6.07, 6.45) is 3.64. The zero-order valence-corrected chi connectivity index (χ0v) is 8.79. The minimum atomic E-state index is -0.661. The van der Waals surface area contributed by atoms with Gasteiger partial charge in [-0.1, -0.05) is 12.2 Å². The molecule has 0 fully saturated rings. The summed E-state index contributed by atoms with van der Waals surface area (Å²) in [5.41, 5.74) is 5.52. The maximum absolute atomic E-state index is 11.0. The molecule has 0 saturated heterocycles. The standard InChI is InChI=1S/C10H18N2O/c1-8(2)6-7-12(5)10(3,4)9(11)13/h6-7H,1H2,2-5H3,(H2,11,13)/b7-6-. The van der Waals surface area contributed by atoms with Crippen molar-refractivity contribution in [2.75, 3.05) is 7.05 Å². The molecule has 0 atom stereocenters. The Labute approximate surface area is 79.9 Å². The minimum absolute atomic E-state index is 0.346. The van der Waals surface area contributed by atoms with Gasteiger partial charge in [0.1, 0.15) is 5.54 Å². The van der Waals surface area contributed by atoms with E-state index in [1.807, 2.05) is 20.0 Å². The fourth-order valence-corrected chi connectivity index (χ4v) is 0.599. The van der Waals surface area contributed by atoms with Crippen molar-refractivity contribution in [3.8, 4) is 0 Å². The lowest BCUT2D eigenvalue weighted by molar-refractivity contribution is -0.126. The third-order valence-electron chi connectivity index (χ3n) is 2.07. The van der Waals surface area contributed by atoms with Gasteiger partial charge in [0.25, 0.3) is 0 Å². The molecule has 0 aromatic heterocycles. The second-order valence-corrected chi connectivity index (χ2v) is 3.70. The van der Waals surface area contributed by atoms with Crippen LogP contribution in [0.5, 0.6) is 0 Å². The number of primary amides is 1. The molecule has 0 unspecified atom stereocenters. The molecule has 2 N–H and O–H groups in total. The minimum Gasteiger partial charge on any atom is -0.368 e. The lowest BCUT2D eigenvalue weighted by Crippen LogP contribution is -2.49. The molecule has 74 valence electrons. The molecule has 0 aromatic rings. The lowest BCUT2D eigenvalue weighted by Gasteiger charge is -2.31. The van der Waals surface area contributed by atoms with Crippen LogP contribution in [0, 0.1) is 0 Å². The smallest absolute Gasteiger partial charge is 0.242 e. The molecule has 3 heteroatoms. The summed E-state index contributed by atoms with van der Waals surface area (Å²) in [5, 5.41) is 0. The number of hydrogen-bond donors (Lipinski definition) is 1. The van der Waals surface area contributed by atoms with Crippen molar-refractivity contribution in [1.82, 2.24) is 4.90 Å². The second-order valence-electron chi connectivity index (χ2n) is 3.70. The SMILES string of the molecule is C=C(C)/C=C\N(C)C(C)(C)C(N)=O. The Balaban J connectivity index is 4.50. The Hall–Kier alpha value is -1.25. The number of likely N-dealkylation sites (N-methyl/N-ethyl adjacent to an activating group) is 1. The Kier molecular flexibility index (Phi) is 3.72. The summed E-state index contributed by atoms with van der Waals surface area (Å²) in [5.74, 6) is -0.346. The van der Waals surface area contributed by atoms with E-state index in [0.29, 0.717) is 0 Å². The van der Waals surface area contributed by atoms with Gasteiger partial charge in [-0.2, -0.15) is 0 Å². The molecule has 0 bridgehead atoms. The number of hydrogen-bond acceptors (Lipinski definition) is 2. The number of amides is 1. The molecule has 0 saturated carbocycles. The molecule has 13 heavy (non-hydrogen) atoms. The summed E-state index contributed by atoms with van der Waals surface area (Å²) in [7, 11) is 1.81. The second kappa shape index (κ2) is 4.12. The molecule has 1 amide bonds. The molecule has 0 rings (SSSR count). The number of carbonyl (C=O) groups is 1. The predicted octanol–water partition coefficient (Wildman–Crippen LogP) is 1.27. The van der Waals surface area contributed by atoms with Crippen LogP contribution in [0.15, 0.2) is 24.4 Å². The highest BCUT2D eigenvalue weighted by Crippen LogP contribution is 2.11. The first-order chi connectivity index (χ1) is 5.78. The van der Waals surface area contributed by atoms with Crippen molar-refractivity contribution in [2.45, 2.75) is 26.3 Å². The monoisotopic (exact) mass is 182 g/mol. The number of nitrogens with zero attached hydrogens (tertiary/aromatic N) is 1. The van der Waals surface area contributed by atoms with E-state index in [-0.39, 0.29) is 5.91 Å². The van der Waals surface area contributed by atoms with E-state index in [9.17, 15) is 4.79 Å². The van der Waals surface area contributed by atoms with Gasteiger partial charge in [-0.25, -0.2) is 0 Å². The maximum Gasteiger partial charge on any atom is 0.242 e. The average Bonchev–Trinajstić information content (AvgIpc) is 1.99. The van der Waals surface area contributed by atoms with Gasteiger partial charge >= 0.3 is 0 Å². The van der Waals surface area contributed by atoms with Crippen LogP contribution >= 0.6 is 0 Å². The molecule has 0 radical (unpaired) electrons. The van der Waals surface area contributed by atoms with Gasteiger partial charge < -0.3 is 10.6 Å². The van der Waals surface area contributed by atoms with Crippen molar-refractivity contribution in [2.24, 2.45) is 5.73 Å². The van der Waals surface area contributed by atoms with E-state index in [1.165, 1.54) is 0 Å². The highest BCUT2D eigenvalue weighted by molar-refractivity contribution is 5.83. The van der Waals surface area contributed by atoms with Gasteiger partial charge in [0.05, 0.1) is 0 Å². The van der Waals surface area contributed by atoms with Gasteiger partial charge in [0.2, 0.25) is 5.91 Å². The van der Waals surface area contributed by atoms with E-state index in [4.69, 9.17) is 5.73 Å². The summed E-state index contributed by atoms with van der Waals surface area (Å²) in [4.78, 5) is 12.8. The number of carbonyl (C=O) groups excluding carboxylic acids is 1. The van der Waals surface area contributed by atoms with Gasteiger partial charge in [-0.05, 0) is 33.0 Å². The molecule has 0 spiro atoms. The van der Waals surface area contributed by atoms with Crippen molar-refractivity contribution in [3.05, 3.63) is 24.4 Å². The van der Waals surface area contributed by atoms with Gasteiger partial charge in [0, 0.05) is 7.05 Å². The third kappa shape index (κ3) is 3.32. The topological polar surface area (TPSA) is 46.3 Å². The largest absolute Gasteiger partial charge is 0.368 e. The van der Waals surface area contributed by atoms with Gasteiger partial charge in [-0.3, -0.25) is 4.79 Å².